The molecule has 0 radical (unpaired) electrons. The maximum absolute atomic E-state index is 11.9. The number of carbonyl (C=O) groups excluding carboxylic acids is 1. The van der Waals surface area contributed by atoms with E-state index in [9.17, 15) is 4.79 Å². The Balaban J connectivity index is 2.11. The van der Waals surface area contributed by atoms with Gasteiger partial charge in [0.15, 0.2) is 0 Å². The van der Waals surface area contributed by atoms with Crippen LogP contribution in [-0.2, 0) is 0 Å². The Morgan fingerprint density at radius 1 is 1.44 bits per heavy atom. The zero-order valence-corrected chi connectivity index (χ0v) is 11.2. The Bertz CT molecular complexity index is 562. The molecule has 0 fully saturated rings. The van der Waals surface area contributed by atoms with Gasteiger partial charge >= 0.3 is 0 Å². The fourth-order valence-corrected chi connectivity index (χ4v) is 1.96. The lowest BCUT2D eigenvalue weighted by Gasteiger charge is -2.09. The van der Waals surface area contributed by atoms with E-state index in [1.165, 1.54) is 0 Å². The van der Waals surface area contributed by atoms with E-state index in [2.05, 4.69) is 10.3 Å². The van der Waals surface area contributed by atoms with Crippen LogP contribution in [0.25, 0.3) is 10.9 Å². The zero-order chi connectivity index (χ0) is 13.1. The average Bonchev–Trinajstić information content (AvgIpc) is 2.74. The fraction of sp³-hybridized carbons (Fsp3) is 0.308. The summed E-state index contributed by atoms with van der Waals surface area (Å²) >= 11 is 6.06. The van der Waals surface area contributed by atoms with Gasteiger partial charge in [-0.1, -0.05) is 17.7 Å². The SMILES string of the molecule is CN(C)CCNC(=O)c1cc2c(Cl)cccc2[nH]1. The van der Waals surface area contributed by atoms with Gasteiger partial charge < -0.3 is 15.2 Å². The number of nitrogens with one attached hydrogen (secondary N) is 2. The van der Waals surface area contributed by atoms with Gasteiger partial charge in [-0.05, 0) is 32.3 Å². The van der Waals surface area contributed by atoms with Crippen molar-refractivity contribution in [2.24, 2.45) is 0 Å². The average molecular weight is 266 g/mol. The number of aromatic nitrogens is 1. The number of carbonyl (C=O) groups is 1. The number of halogens is 1. The normalized spacial score (nSPS) is 11.1. The summed E-state index contributed by atoms with van der Waals surface area (Å²) in [5.74, 6) is -0.107. The first-order valence-electron chi connectivity index (χ1n) is 5.78. The van der Waals surface area contributed by atoms with E-state index in [0.29, 0.717) is 17.3 Å². The van der Waals surface area contributed by atoms with Crippen molar-refractivity contribution in [3.8, 4) is 0 Å². The van der Waals surface area contributed by atoms with Crippen LogP contribution in [0.2, 0.25) is 5.02 Å². The molecule has 4 nitrogen and oxygen atoms in total. The van der Waals surface area contributed by atoms with Gasteiger partial charge in [0.1, 0.15) is 5.69 Å². The van der Waals surface area contributed by atoms with Crippen LogP contribution in [0, 0.1) is 0 Å². The van der Waals surface area contributed by atoms with Crippen LogP contribution >= 0.6 is 11.6 Å². The third kappa shape index (κ3) is 2.83. The van der Waals surface area contributed by atoms with Gasteiger partial charge in [0.05, 0.1) is 0 Å². The van der Waals surface area contributed by atoms with E-state index in [1.54, 1.807) is 6.07 Å². The molecule has 18 heavy (non-hydrogen) atoms. The topological polar surface area (TPSA) is 48.1 Å². The largest absolute Gasteiger partial charge is 0.350 e. The molecule has 0 saturated carbocycles. The molecule has 0 bridgehead atoms. The second-order valence-corrected chi connectivity index (χ2v) is 4.85. The predicted octanol–water partition coefficient (Wildman–Crippen LogP) is 2.11. The van der Waals surface area contributed by atoms with Crippen LogP contribution in [0.5, 0.6) is 0 Å². The standard InChI is InChI=1S/C13H16ClN3O/c1-17(2)7-6-15-13(18)12-8-9-10(14)4-3-5-11(9)16-12/h3-5,8,16H,6-7H2,1-2H3,(H,15,18). The Morgan fingerprint density at radius 3 is 2.89 bits per heavy atom. The summed E-state index contributed by atoms with van der Waals surface area (Å²) < 4.78 is 0. The minimum absolute atomic E-state index is 0.107. The highest BCUT2D eigenvalue weighted by Gasteiger charge is 2.10. The first-order chi connectivity index (χ1) is 8.58. The Morgan fingerprint density at radius 2 is 2.22 bits per heavy atom. The number of benzene rings is 1. The molecule has 0 spiro atoms. The first-order valence-corrected chi connectivity index (χ1v) is 6.16. The number of rotatable bonds is 4. The van der Waals surface area contributed by atoms with Gasteiger partial charge in [0, 0.05) is 29.0 Å². The molecule has 0 atom stereocenters. The summed E-state index contributed by atoms with van der Waals surface area (Å²) in [6, 6.07) is 7.35. The Kier molecular flexibility index (Phi) is 3.89. The summed E-state index contributed by atoms with van der Waals surface area (Å²) in [6.45, 7) is 1.43. The van der Waals surface area contributed by atoms with Crippen molar-refractivity contribution in [2.45, 2.75) is 0 Å². The van der Waals surface area contributed by atoms with Crippen molar-refractivity contribution >= 4 is 28.4 Å². The number of aromatic amines is 1. The minimum atomic E-state index is -0.107. The van der Waals surface area contributed by atoms with Crippen LogP contribution in [0.4, 0.5) is 0 Å². The molecule has 0 aliphatic carbocycles. The fourth-order valence-electron chi connectivity index (χ4n) is 1.73. The molecule has 0 aliphatic rings. The smallest absolute Gasteiger partial charge is 0.267 e. The third-order valence-electron chi connectivity index (χ3n) is 2.70. The van der Waals surface area contributed by atoms with Crippen molar-refractivity contribution in [1.29, 1.82) is 0 Å². The lowest BCUT2D eigenvalue weighted by Crippen LogP contribution is -2.31. The van der Waals surface area contributed by atoms with Gasteiger partial charge in [-0.15, -0.1) is 0 Å². The number of likely N-dealkylation sites (N-methyl/N-ethyl adjacent to an activating group) is 1. The third-order valence-corrected chi connectivity index (χ3v) is 3.03. The van der Waals surface area contributed by atoms with Gasteiger partial charge in [-0.3, -0.25) is 4.79 Å². The summed E-state index contributed by atoms with van der Waals surface area (Å²) in [6.07, 6.45) is 0. The number of hydrogen-bond acceptors (Lipinski definition) is 2. The highest BCUT2D eigenvalue weighted by molar-refractivity contribution is 6.35. The molecule has 1 aromatic heterocycles. The van der Waals surface area contributed by atoms with Gasteiger partial charge in [-0.25, -0.2) is 0 Å². The second kappa shape index (κ2) is 5.42. The van der Waals surface area contributed by atoms with Crippen molar-refractivity contribution in [3.63, 3.8) is 0 Å². The Hall–Kier alpha value is -1.52. The molecule has 5 heteroatoms. The van der Waals surface area contributed by atoms with Crippen molar-refractivity contribution < 1.29 is 4.79 Å². The predicted molar refractivity (Wildman–Crippen MR) is 74.2 cm³/mol. The lowest BCUT2D eigenvalue weighted by atomic mass is 10.2. The van der Waals surface area contributed by atoms with Gasteiger partial charge in [0.2, 0.25) is 0 Å². The summed E-state index contributed by atoms with van der Waals surface area (Å²) in [5, 5.41) is 4.38. The minimum Gasteiger partial charge on any atom is -0.350 e. The van der Waals surface area contributed by atoms with E-state index in [0.717, 1.165) is 17.4 Å². The molecule has 1 amide bonds. The number of amides is 1. The molecule has 1 heterocycles. The molecular formula is C13H16ClN3O. The molecule has 96 valence electrons. The van der Waals surface area contributed by atoms with Crippen LogP contribution in [0.3, 0.4) is 0 Å². The van der Waals surface area contributed by atoms with Crippen molar-refractivity contribution in [1.82, 2.24) is 15.2 Å². The van der Waals surface area contributed by atoms with E-state index in [1.807, 2.05) is 37.2 Å². The van der Waals surface area contributed by atoms with Crippen molar-refractivity contribution in [2.75, 3.05) is 27.2 Å². The monoisotopic (exact) mass is 265 g/mol. The summed E-state index contributed by atoms with van der Waals surface area (Å²) in [4.78, 5) is 17.0. The van der Waals surface area contributed by atoms with Gasteiger partial charge in [0.25, 0.3) is 5.91 Å². The highest BCUT2D eigenvalue weighted by Crippen LogP contribution is 2.23. The molecule has 0 unspecified atom stereocenters. The number of H-pyrrole nitrogens is 1. The molecule has 2 aromatic rings. The molecule has 2 N–H and O–H groups in total. The molecule has 0 saturated heterocycles. The van der Waals surface area contributed by atoms with E-state index in [4.69, 9.17) is 11.6 Å². The number of fused-ring (bicyclic) bond motifs is 1. The molecule has 2 rings (SSSR count). The van der Waals surface area contributed by atoms with Crippen LogP contribution in [0.1, 0.15) is 10.5 Å². The summed E-state index contributed by atoms with van der Waals surface area (Å²) in [5.41, 5.74) is 1.41. The van der Waals surface area contributed by atoms with Crippen LogP contribution in [0.15, 0.2) is 24.3 Å². The maximum Gasteiger partial charge on any atom is 0.267 e. The van der Waals surface area contributed by atoms with Gasteiger partial charge in [-0.2, -0.15) is 0 Å². The van der Waals surface area contributed by atoms with E-state index < -0.39 is 0 Å². The van der Waals surface area contributed by atoms with Crippen LogP contribution in [-0.4, -0.2) is 43.0 Å². The quantitative estimate of drug-likeness (QED) is 0.890. The number of nitrogens with zero attached hydrogens (tertiary/aromatic N) is 1. The highest BCUT2D eigenvalue weighted by atomic mass is 35.5. The summed E-state index contributed by atoms with van der Waals surface area (Å²) in [7, 11) is 3.93. The number of hydrogen-bond donors (Lipinski definition) is 2. The molecule has 1 aromatic carbocycles. The Labute approximate surface area is 111 Å². The second-order valence-electron chi connectivity index (χ2n) is 4.44. The molecular weight excluding hydrogens is 250 g/mol. The zero-order valence-electron chi connectivity index (χ0n) is 10.5. The van der Waals surface area contributed by atoms with E-state index in [-0.39, 0.29) is 5.91 Å². The first kappa shape index (κ1) is 12.9. The lowest BCUT2D eigenvalue weighted by molar-refractivity contribution is 0.0947. The van der Waals surface area contributed by atoms with E-state index >= 15 is 0 Å². The maximum atomic E-state index is 11.9. The van der Waals surface area contributed by atoms with Crippen LogP contribution < -0.4 is 5.32 Å². The molecule has 0 aliphatic heterocycles. The van der Waals surface area contributed by atoms with Crippen molar-refractivity contribution in [3.05, 3.63) is 35.0 Å².